The molecule has 0 saturated heterocycles. The van der Waals surface area contributed by atoms with Crippen molar-refractivity contribution in [2.24, 2.45) is 10.2 Å². The molecule has 0 atom stereocenters. The molecule has 0 heterocycles. The highest BCUT2D eigenvalue weighted by molar-refractivity contribution is 5.99. The van der Waals surface area contributed by atoms with Crippen LogP contribution < -0.4 is 10.9 Å². The maximum atomic E-state index is 12.1. The molecule has 6 heteroatoms. The van der Waals surface area contributed by atoms with E-state index >= 15 is 0 Å². The molecule has 100 valence electrons. The average molecular weight is 252 g/mol. The number of hydrogen-bond acceptors (Lipinski definition) is 6. The van der Waals surface area contributed by atoms with Crippen molar-refractivity contribution in [1.29, 1.82) is 0 Å². The van der Waals surface area contributed by atoms with Gasteiger partial charge in [-0.2, -0.15) is 10.2 Å². The minimum Gasteiger partial charge on any atom is -0.300 e. The van der Waals surface area contributed by atoms with Crippen molar-refractivity contribution < 1.29 is 9.59 Å². The van der Waals surface area contributed by atoms with E-state index in [9.17, 15) is 9.59 Å². The maximum absolute atomic E-state index is 12.1. The number of nitrogens with zero attached hydrogens (tertiary/aromatic N) is 2. The van der Waals surface area contributed by atoms with Gasteiger partial charge in [-0.05, 0) is 27.7 Å². The highest BCUT2D eigenvalue weighted by Crippen LogP contribution is 2.20. The summed E-state index contributed by atoms with van der Waals surface area (Å²) in [6.07, 6.45) is 0.586. The molecule has 0 unspecified atom stereocenters. The predicted octanol–water partition coefficient (Wildman–Crippen LogP) is 0.976. The quantitative estimate of drug-likeness (QED) is 0.444. The summed E-state index contributed by atoms with van der Waals surface area (Å²) in [7, 11) is 0. The Morgan fingerprint density at radius 3 is 1.94 bits per heavy atom. The molecule has 0 aromatic rings. The number of ketones is 2. The third kappa shape index (κ3) is 3.65. The number of Topliss-reactive ketones (excluding diaryl/α,β-unsaturated/α-hetero) is 2. The Bertz CT molecular complexity index is 384. The smallest absolute Gasteiger partial charge is 0.204 e. The first-order chi connectivity index (χ1) is 8.35. The van der Waals surface area contributed by atoms with Crippen LogP contribution in [-0.4, -0.2) is 28.7 Å². The topological polar surface area (TPSA) is 82.9 Å². The van der Waals surface area contributed by atoms with E-state index in [4.69, 9.17) is 0 Å². The van der Waals surface area contributed by atoms with Crippen LogP contribution in [0.1, 0.15) is 47.0 Å². The Labute approximate surface area is 107 Å². The highest BCUT2D eigenvalue weighted by atomic mass is 16.1. The van der Waals surface area contributed by atoms with Gasteiger partial charge in [0.05, 0.1) is 6.42 Å². The third-order valence-corrected chi connectivity index (χ3v) is 2.51. The van der Waals surface area contributed by atoms with E-state index in [0.717, 1.165) is 11.4 Å². The molecule has 1 rings (SSSR count). The number of carbonyl (C=O) groups is 2. The van der Waals surface area contributed by atoms with Crippen molar-refractivity contribution in [2.75, 3.05) is 0 Å². The molecule has 0 amide bonds. The first-order valence-electron chi connectivity index (χ1n) is 5.97. The van der Waals surface area contributed by atoms with Gasteiger partial charge < -0.3 is 0 Å². The van der Waals surface area contributed by atoms with Crippen LogP contribution in [-0.2, 0) is 9.59 Å². The summed E-state index contributed by atoms with van der Waals surface area (Å²) >= 11 is 0. The molecule has 6 nitrogen and oxygen atoms in total. The summed E-state index contributed by atoms with van der Waals surface area (Å²) in [5.41, 5.74) is 5.90. The largest absolute Gasteiger partial charge is 0.300 e. The van der Waals surface area contributed by atoms with Gasteiger partial charge >= 0.3 is 0 Å². The molecule has 1 saturated carbocycles. The Balaban J connectivity index is 2.98. The van der Waals surface area contributed by atoms with E-state index in [1.807, 2.05) is 27.7 Å². The Kier molecular flexibility index (Phi) is 4.58. The standard InChI is InChI=1S/C12H20N4O2/c1-8(2)13-15-12(16-14-9(3)4)7-10(17)5-6-11(12)18/h15-16H,5-7H2,1-4H3. The average Bonchev–Trinajstić information content (AvgIpc) is 2.28. The Hall–Kier alpha value is -1.72. The van der Waals surface area contributed by atoms with E-state index in [-0.39, 0.29) is 24.4 Å². The molecule has 18 heavy (non-hydrogen) atoms. The number of rotatable bonds is 4. The van der Waals surface area contributed by atoms with Crippen molar-refractivity contribution >= 4 is 23.0 Å². The van der Waals surface area contributed by atoms with E-state index < -0.39 is 5.66 Å². The fraction of sp³-hybridized carbons (Fsp3) is 0.667. The predicted molar refractivity (Wildman–Crippen MR) is 70.4 cm³/mol. The summed E-state index contributed by atoms with van der Waals surface area (Å²) < 4.78 is 0. The summed E-state index contributed by atoms with van der Waals surface area (Å²) in [6.45, 7) is 7.24. The van der Waals surface area contributed by atoms with Gasteiger partial charge in [0.2, 0.25) is 5.66 Å². The minimum absolute atomic E-state index is 0.0301. The molecule has 1 fully saturated rings. The normalized spacial score (nSPS) is 18.0. The second kappa shape index (κ2) is 5.75. The van der Waals surface area contributed by atoms with Crippen molar-refractivity contribution in [3.63, 3.8) is 0 Å². The zero-order chi connectivity index (χ0) is 13.8. The zero-order valence-electron chi connectivity index (χ0n) is 11.3. The number of hydrogen-bond donors (Lipinski definition) is 2. The molecular formula is C12H20N4O2. The van der Waals surface area contributed by atoms with E-state index in [1.54, 1.807) is 0 Å². The van der Waals surface area contributed by atoms with Crippen LogP contribution >= 0.6 is 0 Å². The molecule has 0 aromatic heterocycles. The van der Waals surface area contributed by atoms with Crippen LogP contribution in [0.3, 0.4) is 0 Å². The maximum Gasteiger partial charge on any atom is 0.204 e. The van der Waals surface area contributed by atoms with Gasteiger partial charge in [0.15, 0.2) is 5.78 Å². The van der Waals surface area contributed by atoms with Crippen LogP contribution in [0.4, 0.5) is 0 Å². The lowest BCUT2D eigenvalue weighted by Crippen LogP contribution is -2.62. The number of carbonyl (C=O) groups excluding carboxylic acids is 2. The zero-order valence-corrected chi connectivity index (χ0v) is 11.3. The molecule has 0 radical (unpaired) electrons. The van der Waals surface area contributed by atoms with Gasteiger partial charge in [-0.1, -0.05) is 0 Å². The van der Waals surface area contributed by atoms with Crippen LogP contribution in [0.2, 0.25) is 0 Å². The number of hydrazone groups is 2. The third-order valence-electron chi connectivity index (χ3n) is 2.51. The van der Waals surface area contributed by atoms with Crippen LogP contribution in [0.15, 0.2) is 10.2 Å². The van der Waals surface area contributed by atoms with Crippen molar-refractivity contribution in [1.82, 2.24) is 10.9 Å². The van der Waals surface area contributed by atoms with E-state index in [2.05, 4.69) is 21.1 Å². The molecule has 1 aliphatic carbocycles. The number of nitrogens with one attached hydrogen (secondary N) is 2. The second-order valence-corrected chi connectivity index (χ2v) is 4.89. The lowest BCUT2D eigenvalue weighted by molar-refractivity contribution is -0.137. The van der Waals surface area contributed by atoms with Crippen molar-refractivity contribution in [2.45, 2.75) is 52.6 Å². The van der Waals surface area contributed by atoms with Crippen molar-refractivity contribution in [3.8, 4) is 0 Å². The molecule has 2 N–H and O–H groups in total. The molecular weight excluding hydrogens is 232 g/mol. The van der Waals surface area contributed by atoms with Crippen LogP contribution in [0.5, 0.6) is 0 Å². The van der Waals surface area contributed by atoms with Gasteiger partial charge in [0.1, 0.15) is 5.78 Å². The molecule has 0 aromatic carbocycles. The molecule has 0 spiro atoms. The van der Waals surface area contributed by atoms with Crippen LogP contribution in [0.25, 0.3) is 0 Å². The fourth-order valence-corrected chi connectivity index (χ4v) is 1.59. The monoisotopic (exact) mass is 252 g/mol. The SMILES string of the molecule is CC(C)=NNC1(NN=C(C)C)CC(=O)CCC1=O. The minimum atomic E-state index is -1.19. The van der Waals surface area contributed by atoms with E-state index in [1.165, 1.54) is 0 Å². The fourth-order valence-electron chi connectivity index (χ4n) is 1.59. The van der Waals surface area contributed by atoms with Crippen molar-refractivity contribution in [3.05, 3.63) is 0 Å². The molecule has 0 aliphatic heterocycles. The van der Waals surface area contributed by atoms with Gasteiger partial charge in [-0.25, -0.2) is 0 Å². The second-order valence-electron chi connectivity index (χ2n) is 4.89. The highest BCUT2D eigenvalue weighted by Gasteiger charge is 2.43. The summed E-state index contributed by atoms with van der Waals surface area (Å²) in [5.74, 6) is -0.0559. The Morgan fingerprint density at radius 1 is 1.00 bits per heavy atom. The lowest BCUT2D eigenvalue weighted by Gasteiger charge is -2.34. The van der Waals surface area contributed by atoms with Gasteiger partial charge in [-0.3, -0.25) is 20.4 Å². The Morgan fingerprint density at radius 2 is 1.50 bits per heavy atom. The van der Waals surface area contributed by atoms with Crippen LogP contribution in [0, 0.1) is 0 Å². The van der Waals surface area contributed by atoms with Gasteiger partial charge in [-0.15, -0.1) is 0 Å². The summed E-state index contributed by atoms with van der Waals surface area (Å²) in [6, 6.07) is 0. The van der Waals surface area contributed by atoms with E-state index in [0.29, 0.717) is 6.42 Å². The first kappa shape index (κ1) is 14.3. The summed E-state index contributed by atoms with van der Waals surface area (Å²) in [5, 5.41) is 8.09. The van der Waals surface area contributed by atoms with Gasteiger partial charge in [0.25, 0.3) is 0 Å². The first-order valence-corrected chi connectivity index (χ1v) is 5.97. The lowest BCUT2D eigenvalue weighted by atomic mass is 9.87. The molecule has 1 aliphatic rings. The van der Waals surface area contributed by atoms with Gasteiger partial charge in [0, 0.05) is 24.3 Å². The molecule has 0 bridgehead atoms. The summed E-state index contributed by atoms with van der Waals surface area (Å²) in [4.78, 5) is 23.7.